The fourth-order valence-electron chi connectivity index (χ4n) is 2.23. The normalized spacial score (nSPS) is 11.9. The highest BCUT2D eigenvalue weighted by molar-refractivity contribution is 5.70. The molecule has 9 nitrogen and oxygen atoms in total. The van der Waals surface area contributed by atoms with Crippen LogP contribution in [-0.2, 0) is 4.74 Å². The SMILES string of the molecule is CCCC(C)c1cc([N+](=O)[O-])cc([N+](=O)[O-])c1OC(=O)OC(C)C. The van der Waals surface area contributed by atoms with Crippen LogP contribution in [0.5, 0.6) is 5.75 Å². The van der Waals surface area contributed by atoms with Crippen molar-refractivity contribution in [1.29, 1.82) is 0 Å². The first-order valence-electron chi connectivity index (χ1n) is 7.52. The second kappa shape index (κ2) is 8.23. The predicted molar refractivity (Wildman–Crippen MR) is 85.3 cm³/mol. The molecule has 0 saturated carbocycles. The van der Waals surface area contributed by atoms with Crippen molar-refractivity contribution in [2.75, 3.05) is 0 Å². The van der Waals surface area contributed by atoms with Crippen molar-refractivity contribution in [2.45, 2.75) is 52.6 Å². The van der Waals surface area contributed by atoms with Gasteiger partial charge in [0.2, 0.25) is 5.75 Å². The lowest BCUT2D eigenvalue weighted by atomic mass is 9.94. The largest absolute Gasteiger partial charge is 0.514 e. The molecule has 0 bridgehead atoms. The third-order valence-electron chi connectivity index (χ3n) is 3.26. The highest BCUT2D eigenvalue weighted by Crippen LogP contribution is 2.40. The highest BCUT2D eigenvalue weighted by Gasteiger charge is 2.30. The van der Waals surface area contributed by atoms with Gasteiger partial charge in [0.25, 0.3) is 5.69 Å². The molecule has 24 heavy (non-hydrogen) atoms. The number of hydrogen-bond acceptors (Lipinski definition) is 7. The van der Waals surface area contributed by atoms with Gasteiger partial charge in [0.05, 0.1) is 22.0 Å². The number of nitro groups is 2. The lowest BCUT2D eigenvalue weighted by Gasteiger charge is -2.16. The minimum atomic E-state index is -1.09. The summed E-state index contributed by atoms with van der Waals surface area (Å²) in [5.74, 6) is -0.576. The van der Waals surface area contributed by atoms with E-state index < -0.39 is 33.5 Å². The van der Waals surface area contributed by atoms with E-state index in [1.165, 1.54) is 6.07 Å². The van der Waals surface area contributed by atoms with Gasteiger partial charge in [0, 0.05) is 11.6 Å². The summed E-state index contributed by atoms with van der Waals surface area (Å²) < 4.78 is 9.87. The number of benzene rings is 1. The van der Waals surface area contributed by atoms with Gasteiger partial charge >= 0.3 is 11.8 Å². The third kappa shape index (κ3) is 4.90. The van der Waals surface area contributed by atoms with Crippen molar-refractivity contribution >= 4 is 17.5 Å². The fourth-order valence-corrected chi connectivity index (χ4v) is 2.23. The molecule has 0 heterocycles. The summed E-state index contributed by atoms with van der Waals surface area (Å²) in [7, 11) is 0. The van der Waals surface area contributed by atoms with Gasteiger partial charge in [-0.3, -0.25) is 20.2 Å². The molecule has 0 aromatic heterocycles. The van der Waals surface area contributed by atoms with Crippen LogP contribution in [0.4, 0.5) is 16.2 Å². The van der Waals surface area contributed by atoms with Crippen molar-refractivity contribution in [1.82, 2.24) is 0 Å². The summed E-state index contributed by atoms with van der Waals surface area (Å²) in [4.78, 5) is 32.5. The standard InChI is InChI=1S/C15H20N2O7/c1-5-6-10(4)12-7-11(16(19)20)8-13(17(21)22)14(12)24-15(18)23-9(2)3/h7-10H,5-6H2,1-4H3. The minimum absolute atomic E-state index is 0.235. The Bertz CT molecular complexity index is 643. The molecule has 0 radical (unpaired) electrons. The molecule has 0 amide bonds. The quantitative estimate of drug-likeness (QED) is 0.313. The Morgan fingerprint density at radius 3 is 2.25 bits per heavy atom. The van der Waals surface area contributed by atoms with Crippen LogP contribution in [-0.4, -0.2) is 22.1 Å². The van der Waals surface area contributed by atoms with Crippen LogP contribution in [0.2, 0.25) is 0 Å². The molecule has 0 spiro atoms. The monoisotopic (exact) mass is 340 g/mol. The number of rotatable bonds is 7. The van der Waals surface area contributed by atoms with Crippen LogP contribution in [0.3, 0.4) is 0 Å². The lowest BCUT2D eigenvalue weighted by Crippen LogP contribution is -2.17. The number of carbonyl (C=O) groups is 1. The van der Waals surface area contributed by atoms with Gasteiger partial charge in [-0.2, -0.15) is 0 Å². The minimum Gasteiger partial charge on any atom is -0.431 e. The van der Waals surface area contributed by atoms with Gasteiger partial charge in [0.15, 0.2) is 0 Å². The van der Waals surface area contributed by atoms with Crippen LogP contribution in [0.1, 0.15) is 52.0 Å². The summed E-state index contributed by atoms with van der Waals surface area (Å²) in [6.07, 6.45) is -0.181. The van der Waals surface area contributed by atoms with E-state index >= 15 is 0 Å². The van der Waals surface area contributed by atoms with E-state index in [4.69, 9.17) is 9.47 Å². The number of non-ortho nitro benzene ring substituents is 1. The molecule has 132 valence electrons. The zero-order valence-corrected chi connectivity index (χ0v) is 14.0. The maximum absolute atomic E-state index is 11.7. The molecular weight excluding hydrogens is 320 g/mol. The first-order valence-corrected chi connectivity index (χ1v) is 7.52. The average Bonchev–Trinajstić information content (AvgIpc) is 2.45. The Balaban J connectivity index is 3.46. The van der Waals surface area contributed by atoms with Gasteiger partial charge in [-0.1, -0.05) is 20.3 Å². The Morgan fingerprint density at radius 1 is 1.17 bits per heavy atom. The molecule has 1 aromatic rings. The molecular formula is C15H20N2O7. The van der Waals surface area contributed by atoms with Crippen LogP contribution >= 0.6 is 0 Å². The molecule has 0 saturated heterocycles. The summed E-state index contributed by atoms with van der Waals surface area (Å²) in [6, 6.07) is 1.98. The van der Waals surface area contributed by atoms with Gasteiger partial charge in [-0.05, 0) is 26.2 Å². The van der Waals surface area contributed by atoms with Crippen molar-refractivity contribution < 1.29 is 24.1 Å². The summed E-state index contributed by atoms with van der Waals surface area (Å²) in [6.45, 7) is 6.88. The smallest absolute Gasteiger partial charge is 0.431 e. The third-order valence-corrected chi connectivity index (χ3v) is 3.26. The van der Waals surface area contributed by atoms with Crippen LogP contribution in [0, 0.1) is 20.2 Å². The van der Waals surface area contributed by atoms with E-state index in [2.05, 4.69) is 0 Å². The van der Waals surface area contributed by atoms with E-state index in [9.17, 15) is 25.0 Å². The number of hydrogen-bond donors (Lipinski definition) is 0. The van der Waals surface area contributed by atoms with E-state index in [0.29, 0.717) is 6.42 Å². The molecule has 1 rings (SSSR count). The van der Waals surface area contributed by atoms with Gasteiger partial charge in [0.1, 0.15) is 0 Å². The zero-order chi connectivity index (χ0) is 18.4. The van der Waals surface area contributed by atoms with Crippen LogP contribution in [0.15, 0.2) is 12.1 Å². The molecule has 0 aliphatic heterocycles. The number of carbonyl (C=O) groups excluding carboxylic acids is 1. The molecule has 1 aromatic carbocycles. The summed E-state index contributed by atoms with van der Waals surface area (Å²) >= 11 is 0. The molecule has 0 aliphatic rings. The molecule has 1 atom stereocenters. The maximum atomic E-state index is 11.7. The zero-order valence-electron chi connectivity index (χ0n) is 14.0. The Morgan fingerprint density at radius 2 is 1.79 bits per heavy atom. The number of nitro benzene ring substituents is 2. The lowest BCUT2D eigenvalue weighted by molar-refractivity contribution is -0.394. The summed E-state index contributed by atoms with van der Waals surface area (Å²) in [5.41, 5.74) is -0.828. The van der Waals surface area contributed by atoms with E-state index in [-0.39, 0.29) is 17.2 Å². The molecule has 0 N–H and O–H groups in total. The topological polar surface area (TPSA) is 122 Å². The van der Waals surface area contributed by atoms with Crippen molar-refractivity contribution in [2.24, 2.45) is 0 Å². The fraction of sp³-hybridized carbons (Fsp3) is 0.533. The first-order chi connectivity index (χ1) is 11.2. The molecule has 0 aliphatic carbocycles. The molecule has 0 fully saturated rings. The predicted octanol–water partition coefficient (Wildman–Crippen LogP) is 4.33. The molecule has 1 unspecified atom stereocenters. The van der Waals surface area contributed by atoms with Crippen molar-refractivity contribution in [3.63, 3.8) is 0 Å². The van der Waals surface area contributed by atoms with E-state index in [1.807, 2.05) is 6.92 Å². The van der Waals surface area contributed by atoms with Crippen molar-refractivity contribution in [3.05, 3.63) is 37.9 Å². The van der Waals surface area contributed by atoms with Crippen molar-refractivity contribution in [3.8, 4) is 5.75 Å². The van der Waals surface area contributed by atoms with E-state index in [1.54, 1.807) is 20.8 Å². The van der Waals surface area contributed by atoms with E-state index in [0.717, 1.165) is 12.5 Å². The Hall–Kier alpha value is -2.71. The average molecular weight is 340 g/mol. The maximum Gasteiger partial charge on any atom is 0.514 e. The van der Waals surface area contributed by atoms with Gasteiger partial charge in [-0.25, -0.2) is 4.79 Å². The number of nitrogens with zero attached hydrogens (tertiary/aromatic N) is 2. The van der Waals surface area contributed by atoms with Crippen LogP contribution in [0.25, 0.3) is 0 Å². The number of ether oxygens (including phenoxy) is 2. The van der Waals surface area contributed by atoms with Gasteiger partial charge < -0.3 is 9.47 Å². The Kier molecular flexibility index (Phi) is 6.63. The first kappa shape index (κ1) is 19.3. The second-order valence-corrected chi connectivity index (χ2v) is 5.61. The highest BCUT2D eigenvalue weighted by atomic mass is 16.7. The molecule has 9 heteroatoms. The van der Waals surface area contributed by atoms with Crippen LogP contribution < -0.4 is 4.74 Å². The Labute approximate surface area is 138 Å². The van der Waals surface area contributed by atoms with Gasteiger partial charge in [-0.15, -0.1) is 0 Å². The second-order valence-electron chi connectivity index (χ2n) is 5.61. The summed E-state index contributed by atoms with van der Waals surface area (Å²) in [5, 5.41) is 22.3.